The minimum atomic E-state index is -3.28. The van der Waals surface area contributed by atoms with E-state index in [0.29, 0.717) is 5.70 Å². The molecule has 0 radical (unpaired) electrons. The summed E-state index contributed by atoms with van der Waals surface area (Å²) in [5.41, 5.74) is 0.515. The van der Waals surface area contributed by atoms with Gasteiger partial charge in [0.15, 0.2) is 0 Å². The van der Waals surface area contributed by atoms with Gasteiger partial charge in [-0.25, -0.2) is 8.42 Å². The summed E-state index contributed by atoms with van der Waals surface area (Å²) in [6, 6.07) is -0.110. The number of hydrogen-bond acceptors (Lipinski definition) is 2. The molecule has 0 aromatic rings. The third-order valence-corrected chi connectivity index (χ3v) is 4.38. The van der Waals surface area contributed by atoms with Crippen LogP contribution in [-0.4, -0.2) is 24.0 Å². The molecule has 0 bridgehead atoms. The van der Waals surface area contributed by atoms with Crippen LogP contribution in [0.4, 0.5) is 0 Å². The first-order valence-electron chi connectivity index (χ1n) is 6.10. The molecule has 0 amide bonds. The molecule has 0 aliphatic rings. The largest absolute Gasteiger partial charge is 0.268 e. The molecule has 0 saturated heterocycles. The Bertz CT molecular complexity index is 340. The summed E-state index contributed by atoms with van der Waals surface area (Å²) in [5.74, 6) is 0. The van der Waals surface area contributed by atoms with Crippen LogP contribution < -0.4 is 0 Å². The van der Waals surface area contributed by atoms with E-state index >= 15 is 0 Å². The molecule has 0 spiro atoms. The molecule has 4 heteroatoms. The van der Waals surface area contributed by atoms with E-state index < -0.39 is 15.3 Å². The van der Waals surface area contributed by atoms with Crippen LogP contribution in [0.5, 0.6) is 0 Å². The molecule has 0 aliphatic heterocycles. The SMILES string of the molecule is C=C(/C=C\C)N(C(C)C)S(=O)(=O)C(C)C.CC. The smallest absolute Gasteiger partial charge is 0.237 e. The van der Waals surface area contributed by atoms with Crippen LogP contribution in [0.25, 0.3) is 0 Å². The van der Waals surface area contributed by atoms with E-state index in [1.807, 2.05) is 34.6 Å². The minimum Gasteiger partial charge on any atom is -0.268 e. The molecule has 0 aliphatic carbocycles. The molecule has 0 atom stereocenters. The van der Waals surface area contributed by atoms with Crippen molar-refractivity contribution in [1.29, 1.82) is 0 Å². The third-order valence-electron chi connectivity index (χ3n) is 1.98. The highest BCUT2D eigenvalue weighted by atomic mass is 32.2. The van der Waals surface area contributed by atoms with E-state index in [2.05, 4.69) is 6.58 Å². The van der Waals surface area contributed by atoms with Crippen LogP contribution in [-0.2, 0) is 10.0 Å². The van der Waals surface area contributed by atoms with Gasteiger partial charge in [-0.1, -0.05) is 26.5 Å². The Morgan fingerprint density at radius 1 is 1.18 bits per heavy atom. The average Bonchev–Trinajstić information content (AvgIpc) is 2.19. The van der Waals surface area contributed by atoms with Gasteiger partial charge in [-0.15, -0.1) is 0 Å². The second kappa shape index (κ2) is 8.34. The normalized spacial score (nSPS) is 11.6. The van der Waals surface area contributed by atoms with Crippen molar-refractivity contribution < 1.29 is 8.42 Å². The van der Waals surface area contributed by atoms with Crippen LogP contribution in [0.3, 0.4) is 0 Å². The molecule has 0 fully saturated rings. The fraction of sp³-hybridized carbons (Fsp3) is 0.692. The summed E-state index contributed by atoms with van der Waals surface area (Å²) in [6.45, 7) is 16.6. The van der Waals surface area contributed by atoms with Gasteiger partial charge in [0.2, 0.25) is 10.0 Å². The topological polar surface area (TPSA) is 37.4 Å². The molecule has 0 aromatic carbocycles. The summed E-state index contributed by atoms with van der Waals surface area (Å²) < 4.78 is 25.4. The van der Waals surface area contributed by atoms with Crippen LogP contribution in [0.1, 0.15) is 48.5 Å². The summed E-state index contributed by atoms with van der Waals surface area (Å²) in [4.78, 5) is 0. The zero-order valence-electron chi connectivity index (χ0n) is 12.2. The molecule has 102 valence electrons. The Balaban J connectivity index is 0. The Morgan fingerprint density at radius 3 is 1.82 bits per heavy atom. The van der Waals surface area contributed by atoms with Crippen molar-refractivity contribution >= 4 is 10.0 Å². The average molecular weight is 261 g/mol. The van der Waals surface area contributed by atoms with Crippen molar-refractivity contribution in [2.24, 2.45) is 0 Å². The van der Waals surface area contributed by atoms with Crippen molar-refractivity contribution in [3.8, 4) is 0 Å². The van der Waals surface area contributed by atoms with Crippen LogP contribution >= 0.6 is 0 Å². The lowest BCUT2D eigenvalue weighted by Gasteiger charge is -2.30. The summed E-state index contributed by atoms with van der Waals surface area (Å²) in [7, 11) is -3.28. The Labute approximate surface area is 107 Å². The highest BCUT2D eigenvalue weighted by Gasteiger charge is 2.27. The predicted molar refractivity (Wildman–Crippen MR) is 76.3 cm³/mol. The van der Waals surface area contributed by atoms with Gasteiger partial charge in [-0.2, -0.15) is 0 Å². The summed E-state index contributed by atoms with van der Waals surface area (Å²) >= 11 is 0. The maximum atomic E-state index is 12.0. The van der Waals surface area contributed by atoms with Crippen molar-refractivity contribution in [3.63, 3.8) is 0 Å². The first kappa shape index (κ1) is 18.6. The molecular weight excluding hydrogens is 234 g/mol. The molecule has 0 rings (SSSR count). The fourth-order valence-corrected chi connectivity index (χ4v) is 2.71. The maximum absolute atomic E-state index is 12.0. The second-order valence-electron chi connectivity index (χ2n) is 3.97. The maximum Gasteiger partial charge on any atom is 0.237 e. The van der Waals surface area contributed by atoms with E-state index in [9.17, 15) is 8.42 Å². The summed E-state index contributed by atoms with van der Waals surface area (Å²) in [6.07, 6.45) is 3.49. The lowest BCUT2D eigenvalue weighted by molar-refractivity contribution is 0.421. The van der Waals surface area contributed by atoms with E-state index in [4.69, 9.17) is 0 Å². The molecule has 0 N–H and O–H groups in total. The highest BCUT2D eigenvalue weighted by Crippen LogP contribution is 2.19. The van der Waals surface area contributed by atoms with E-state index in [1.165, 1.54) is 4.31 Å². The molecular formula is C13H27NO2S. The zero-order chi connectivity index (χ0) is 14.2. The van der Waals surface area contributed by atoms with Gasteiger partial charge in [0.05, 0.1) is 5.25 Å². The van der Waals surface area contributed by atoms with Gasteiger partial charge in [-0.3, -0.25) is 4.31 Å². The number of allylic oxidation sites excluding steroid dienone is 2. The van der Waals surface area contributed by atoms with Crippen molar-refractivity contribution in [2.75, 3.05) is 0 Å². The van der Waals surface area contributed by atoms with Crippen molar-refractivity contribution in [1.82, 2.24) is 4.31 Å². The fourth-order valence-electron chi connectivity index (χ4n) is 1.28. The number of sulfonamides is 1. The van der Waals surface area contributed by atoms with E-state index in [1.54, 1.807) is 26.0 Å². The Kier molecular flexibility index (Phi) is 9.12. The van der Waals surface area contributed by atoms with Gasteiger partial charge in [0.25, 0.3) is 0 Å². The molecule has 17 heavy (non-hydrogen) atoms. The standard InChI is InChI=1S/C11H21NO2S.C2H6/c1-7-8-11(6)12(9(2)3)15(13,14)10(4)5;1-2/h7-10H,6H2,1-5H3;1-2H3/b8-7-;. The van der Waals surface area contributed by atoms with Crippen molar-refractivity contribution in [3.05, 3.63) is 24.4 Å². The lowest BCUT2D eigenvalue weighted by Crippen LogP contribution is -2.39. The molecule has 0 aromatic heterocycles. The lowest BCUT2D eigenvalue weighted by atomic mass is 10.3. The monoisotopic (exact) mass is 261 g/mol. The van der Waals surface area contributed by atoms with E-state index in [0.717, 1.165) is 0 Å². The molecule has 3 nitrogen and oxygen atoms in total. The van der Waals surface area contributed by atoms with Crippen LogP contribution in [0, 0.1) is 0 Å². The van der Waals surface area contributed by atoms with Gasteiger partial charge in [0.1, 0.15) is 0 Å². The first-order chi connectivity index (χ1) is 7.75. The van der Waals surface area contributed by atoms with Gasteiger partial charge < -0.3 is 0 Å². The second-order valence-corrected chi connectivity index (χ2v) is 6.34. The van der Waals surface area contributed by atoms with Gasteiger partial charge >= 0.3 is 0 Å². The van der Waals surface area contributed by atoms with Gasteiger partial charge in [-0.05, 0) is 40.7 Å². The van der Waals surface area contributed by atoms with Crippen molar-refractivity contribution in [2.45, 2.75) is 59.8 Å². The number of nitrogens with zero attached hydrogens (tertiary/aromatic N) is 1. The quantitative estimate of drug-likeness (QED) is 0.710. The van der Waals surface area contributed by atoms with Gasteiger partial charge in [0, 0.05) is 11.7 Å². The first-order valence-corrected chi connectivity index (χ1v) is 7.60. The molecule has 0 unspecified atom stereocenters. The Hall–Kier alpha value is -0.770. The summed E-state index contributed by atoms with van der Waals surface area (Å²) in [5, 5.41) is -0.429. The highest BCUT2D eigenvalue weighted by molar-refractivity contribution is 7.89. The Morgan fingerprint density at radius 2 is 1.59 bits per heavy atom. The number of hydrogen-bond donors (Lipinski definition) is 0. The van der Waals surface area contributed by atoms with Crippen LogP contribution in [0.15, 0.2) is 24.4 Å². The molecule has 0 saturated carbocycles. The van der Waals surface area contributed by atoms with Crippen LogP contribution in [0.2, 0.25) is 0 Å². The third kappa shape index (κ3) is 5.39. The number of rotatable bonds is 5. The predicted octanol–water partition coefficient (Wildman–Crippen LogP) is 3.55. The van der Waals surface area contributed by atoms with E-state index in [-0.39, 0.29) is 6.04 Å². The molecule has 0 heterocycles. The minimum absolute atomic E-state index is 0.110. The zero-order valence-corrected chi connectivity index (χ0v) is 13.0.